The lowest BCUT2D eigenvalue weighted by Crippen LogP contribution is -2.54. The van der Waals surface area contributed by atoms with E-state index < -0.39 is 24.1 Å². The summed E-state index contributed by atoms with van der Waals surface area (Å²) in [6.45, 7) is 8.31. The van der Waals surface area contributed by atoms with E-state index in [4.69, 9.17) is 11.5 Å². The summed E-state index contributed by atoms with van der Waals surface area (Å²) < 4.78 is 0. The first-order valence-electron chi connectivity index (χ1n) is 11.8. The molecule has 2 aromatic rings. The molecule has 1 aromatic heterocycles. The van der Waals surface area contributed by atoms with Crippen LogP contribution in [-0.4, -0.2) is 57.6 Å². The van der Waals surface area contributed by atoms with Gasteiger partial charge in [0.15, 0.2) is 0 Å². The molecule has 1 unspecified atom stereocenters. The molecule has 1 fully saturated rings. The number of rotatable bonds is 9. The largest absolute Gasteiger partial charge is 0.391 e. The van der Waals surface area contributed by atoms with E-state index >= 15 is 0 Å². The second-order valence-electron chi connectivity index (χ2n) is 9.74. The quantitative estimate of drug-likeness (QED) is 0.428. The van der Waals surface area contributed by atoms with E-state index in [9.17, 15) is 14.7 Å². The number of β-amino-alcohol motifs (C(OH)–C–C–N with tert-alkyl or cyclic N) is 1. The number of benzene rings is 1. The van der Waals surface area contributed by atoms with E-state index in [2.05, 4.69) is 24.1 Å². The van der Waals surface area contributed by atoms with Gasteiger partial charge in [-0.05, 0) is 30.4 Å². The highest BCUT2D eigenvalue weighted by Gasteiger charge is 2.41. The number of aromatic nitrogens is 1. The minimum atomic E-state index is -0.741. The van der Waals surface area contributed by atoms with Crippen LogP contribution >= 0.6 is 11.3 Å². The Bertz CT molecular complexity index is 977. The van der Waals surface area contributed by atoms with Crippen molar-refractivity contribution in [3.63, 3.8) is 0 Å². The van der Waals surface area contributed by atoms with Crippen LogP contribution in [0.1, 0.15) is 44.9 Å². The summed E-state index contributed by atoms with van der Waals surface area (Å²) in [5, 5.41) is 13.1. The van der Waals surface area contributed by atoms with Gasteiger partial charge >= 0.3 is 0 Å². The van der Waals surface area contributed by atoms with E-state index in [0.717, 1.165) is 21.7 Å². The molecular weight excluding hydrogens is 450 g/mol. The summed E-state index contributed by atoms with van der Waals surface area (Å²) >= 11 is 1.60. The summed E-state index contributed by atoms with van der Waals surface area (Å²) in [4.78, 5) is 33.0. The SMILES string of the molecule is Cc1ncsc1-c1ccc(CNC(=O)[C@@H]2C[C@@H](O)CN2C(=O)[C@@H](C)C(N)[C@@H](N)CC(C)C)cc1. The maximum atomic E-state index is 13.2. The second-order valence-corrected chi connectivity index (χ2v) is 10.6. The number of aliphatic hydroxyl groups is 1. The van der Waals surface area contributed by atoms with Gasteiger partial charge in [-0.15, -0.1) is 11.3 Å². The lowest BCUT2D eigenvalue weighted by atomic mass is 9.89. The topological polar surface area (TPSA) is 135 Å². The highest BCUT2D eigenvalue weighted by molar-refractivity contribution is 7.13. The first-order valence-corrected chi connectivity index (χ1v) is 12.7. The molecule has 0 spiro atoms. The molecule has 8 nitrogen and oxygen atoms in total. The molecule has 3 rings (SSSR count). The highest BCUT2D eigenvalue weighted by Crippen LogP contribution is 2.27. The van der Waals surface area contributed by atoms with Crippen molar-refractivity contribution in [2.75, 3.05) is 6.54 Å². The number of hydrogen-bond acceptors (Lipinski definition) is 7. The standard InChI is InChI=1S/C25H37N5O3S/c1-14(2)9-20(26)22(27)15(3)25(33)30-12-19(31)10-21(30)24(32)28-11-17-5-7-18(8-6-17)23-16(4)29-13-34-23/h5-8,13-15,19-22,31H,9-12,26-27H2,1-4H3,(H,28,32)/t15-,19+,20-,21-,22?/m0/s1. The Hall–Kier alpha value is -2.33. The van der Waals surface area contributed by atoms with Crippen molar-refractivity contribution in [1.29, 1.82) is 0 Å². The molecule has 0 bridgehead atoms. The van der Waals surface area contributed by atoms with E-state index in [1.54, 1.807) is 18.3 Å². The molecule has 0 aliphatic carbocycles. The molecule has 0 saturated carbocycles. The van der Waals surface area contributed by atoms with Gasteiger partial charge < -0.3 is 26.8 Å². The molecule has 6 N–H and O–H groups in total. The van der Waals surface area contributed by atoms with Gasteiger partial charge in [-0.3, -0.25) is 9.59 Å². The van der Waals surface area contributed by atoms with Gasteiger partial charge in [-0.2, -0.15) is 0 Å². The van der Waals surface area contributed by atoms with E-state index in [1.807, 2.05) is 36.7 Å². The number of nitrogens with one attached hydrogen (secondary N) is 1. The van der Waals surface area contributed by atoms with Crippen molar-refractivity contribution < 1.29 is 14.7 Å². The van der Waals surface area contributed by atoms with Crippen LogP contribution in [0.15, 0.2) is 29.8 Å². The molecule has 9 heteroatoms. The number of amides is 2. The van der Waals surface area contributed by atoms with Crippen molar-refractivity contribution in [2.45, 2.75) is 71.3 Å². The smallest absolute Gasteiger partial charge is 0.243 e. The first kappa shape index (κ1) is 26.3. The lowest BCUT2D eigenvalue weighted by molar-refractivity contribution is -0.142. The molecule has 0 radical (unpaired) electrons. The number of carbonyl (C=O) groups excluding carboxylic acids is 2. The van der Waals surface area contributed by atoms with Crippen LogP contribution in [0.5, 0.6) is 0 Å². The Kier molecular flexibility index (Phi) is 8.81. The fourth-order valence-corrected chi connectivity index (χ4v) is 5.28. The summed E-state index contributed by atoms with van der Waals surface area (Å²) in [5.41, 5.74) is 17.4. The van der Waals surface area contributed by atoms with Gasteiger partial charge in [0.1, 0.15) is 6.04 Å². The molecule has 2 heterocycles. The van der Waals surface area contributed by atoms with Crippen LogP contribution in [-0.2, 0) is 16.1 Å². The van der Waals surface area contributed by atoms with Crippen LogP contribution < -0.4 is 16.8 Å². The normalized spacial score (nSPS) is 20.9. The number of nitrogens with zero attached hydrogens (tertiary/aromatic N) is 2. The third kappa shape index (κ3) is 6.21. The molecule has 1 aliphatic rings. The molecule has 186 valence electrons. The van der Waals surface area contributed by atoms with Crippen molar-refractivity contribution in [1.82, 2.24) is 15.2 Å². The van der Waals surface area contributed by atoms with Crippen LogP contribution in [0.25, 0.3) is 10.4 Å². The van der Waals surface area contributed by atoms with E-state index in [1.165, 1.54) is 4.90 Å². The average Bonchev–Trinajstić information content (AvgIpc) is 3.41. The Balaban J connectivity index is 1.61. The van der Waals surface area contributed by atoms with Crippen LogP contribution in [0.4, 0.5) is 0 Å². The third-order valence-corrected chi connectivity index (χ3v) is 7.48. The van der Waals surface area contributed by atoms with Crippen LogP contribution in [0.3, 0.4) is 0 Å². The summed E-state index contributed by atoms with van der Waals surface area (Å²) in [5.74, 6) is -0.695. The zero-order valence-electron chi connectivity index (χ0n) is 20.4. The van der Waals surface area contributed by atoms with Crippen molar-refractivity contribution in [3.05, 3.63) is 41.0 Å². The van der Waals surface area contributed by atoms with Crippen molar-refractivity contribution in [3.8, 4) is 10.4 Å². The molecule has 1 saturated heterocycles. The van der Waals surface area contributed by atoms with Gasteiger partial charge in [0.2, 0.25) is 11.8 Å². The third-order valence-electron chi connectivity index (χ3n) is 6.50. The molecule has 1 aliphatic heterocycles. The number of likely N-dealkylation sites (tertiary alicyclic amines) is 1. The van der Waals surface area contributed by atoms with Crippen LogP contribution in [0.2, 0.25) is 0 Å². The Morgan fingerprint density at radius 3 is 2.50 bits per heavy atom. The Labute approximate surface area is 205 Å². The van der Waals surface area contributed by atoms with Gasteiger partial charge in [-0.1, -0.05) is 45.0 Å². The van der Waals surface area contributed by atoms with Crippen molar-refractivity contribution >= 4 is 23.2 Å². The lowest BCUT2D eigenvalue weighted by Gasteiger charge is -2.31. The molecule has 1 aromatic carbocycles. The van der Waals surface area contributed by atoms with Gasteiger partial charge in [0.25, 0.3) is 0 Å². The predicted octanol–water partition coefficient (Wildman–Crippen LogP) is 2.03. The number of aliphatic hydroxyl groups excluding tert-OH is 1. The van der Waals surface area contributed by atoms with Gasteiger partial charge in [0.05, 0.1) is 28.1 Å². The van der Waals surface area contributed by atoms with Gasteiger partial charge in [-0.25, -0.2) is 4.98 Å². The Morgan fingerprint density at radius 2 is 1.91 bits per heavy atom. The molecule has 2 amide bonds. The maximum absolute atomic E-state index is 13.2. The number of aryl methyl sites for hydroxylation is 1. The van der Waals surface area contributed by atoms with Crippen LogP contribution in [0, 0.1) is 18.8 Å². The predicted molar refractivity (Wildman–Crippen MR) is 135 cm³/mol. The molecule has 5 atom stereocenters. The number of hydrogen-bond donors (Lipinski definition) is 4. The maximum Gasteiger partial charge on any atom is 0.243 e. The van der Waals surface area contributed by atoms with Gasteiger partial charge in [0, 0.05) is 31.6 Å². The minimum absolute atomic E-state index is 0.121. The monoisotopic (exact) mass is 487 g/mol. The summed E-state index contributed by atoms with van der Waals surface area (Å²) in [7, 11) is 0. The zero-order valence-corrected chi connectivity index (χ0v) is 21.2. The summed E-state index contributed by atoms with van der Waals surface area (Å²) in [6.07, 6.45) is 0.183. The zero-order chi connectivity index (χ0) is 25.0. The molecular formula is C25H37N5O3S. The minimum Gasteiger partial charge on any atom is -0.391 e. The number of carbonyl (C=O) groups is 2. The molecule has 34 heavy (non-hydrogen) atoms. The number of thiazole rings is 1. The first-order chi connectivity index (χ1) is 16.1. The number of nitrogens with two attached hydrogens (primary N) is 2. The van der Waals surface area contributed by atoms with E-state index in [-0.39, 0.29) is 30.8 Å². The summed E-state index contributed by atoms with van der Waals surface area (Å²) in [6, 6.07) is 6.42. The fourth-order valence-electron chi connectivity index (χ4n) is 4.46. The fraction of sp³-hybridized carbons (Fsp3) is 0.560. The average molecular weight is 488 g/mol. The second kappa shape index (κ2) is 11.4. The highest BCUT2D eigenvalue weighted by atomic mass is 32.1. The van der Waals surface area contributed by atoms with Crippen molar-refractivity contribution in [2.24, 2.45) is 23.3 Å². The van der Waals surface area contributed by atoms with E-state index in [0.29, 0.717) is 18.9 Å². The Morgan fingerprint density at radius 1 is 1.24 bits per heavy atom.